The molecule has 6 nitrogen and oxygen atoms in total. The molecule has 1 aromatic carbocycles. The van der Waals surface area contributed by atoms with E-state index < -0.39 is 10.0 Å². The summed E-state index contributed by atoms with van der Waals surface area (Å²) < 4.78 is 26.6. The summed E-state index contributed by atoms with van der Waals surface area (Å²) in [7, 11) is -2.21. The number of rotatable bonds is 6. The van der Waals surface area contributed by atoms with Crippen molar-refractivity contribution in [2.45, 2.75) is 68.3 Å². The third kappa shape index (κ3) is 3.22. The largest absolute Gasteiger partial charge is 0.382 e. The second-order valence-corrected chi connectivity index (χ2v) is 10.0. The number of hydrogen-bond donors (Lipinski definition) is 3. The standard InChI is InChI=1S/C19H27N3O3S/c1-20-26(24,25)15-6-7-17(21-14-11-19(12-14)8-3-9-19)16(10-15)18(23)22-13-4-2-5-13/h6-7,10,13-14,20-21H,2-5,8-9,11-12H2,1H3,(H,22,23). The van der Waals surface area contributed by atoms with Gasteiger partial charge in [-0.1, -0.05) is 6.42 Å². The highest BCUT2D eigenvalue weighted by molar-refractivity contribution is 7.89. The van der Waals surface area contributed by atoms with Crippen molar-refractivity contribution in [3.05, 3.63) is 23.8 Å². The summed E-state index contributed by atoms with van der Waals surface area (Å²) in [5.74, 6) is -0.192. The van der Waals surface area contributed by atoms with E-state index in [0.717, 1.165) is 37.8 Å². The SMILES string of the molecule is CNS(=O)(=O)c1ccc(NC2CC3(CCC3)C2)c(C(=O)NC2CCC2)c1. The quantitative estimate of drug-likeness (QED) is 0.711. The zero-order valence-corrected chi connectivity index (χ0v) is 16.0. The fourth-order valence-electron chi connectivity index (χ4n) is 4.33. The van der Waals surface area contributed by atoms with Gasteiger partial charge in [-0.3, -0.25) is 4.79 Å². The van der Waals surface area contributed by atoms with E-state index in [1.807, 2.05) is 0 Å². The highest BCUT2D eigenvalue weighted by atomic mass is 32.2. The van der Waals surface area contributed by atoms with E-state index in [1.54, 1.807) is 12.1 Å². The van der Waals surface area contributed by atoms with Gasteiger partial charge in [0.15, 0.2) is 0 Å². The Balaban J connectivity index is 1.55. The summed E-state index contributed by atoms with van der Waals surface area (Å²) in [4.78, 5) is 12.9. The van der Waals surface area contributed by atoms with E-state index in [0.29, 0.717) is 17.0 Å². The molecule has 0 aliphatic heterocycles. The monoisotopic (exact) mass is 377 g/mol. The first kappa shape index (κ1) is 17.8. The van der Waals surface area contributed by atoms with Crippen LogP contribution < -0.4 is 15.4 Å². The lowest BCUT2D eigenvalue weighted by Gasteiger charge is -2.54. The molecule has 1 aromatic rings. The number of benzene rings is 1. The molecule has 3 aliphatic rings. The normalized spacial score (nSPS) is 22.2. The molecule has 0 aromatic heterocycles. The summed E-state index contributed by atoms with van der Waals surface area (Å²) in [5, 5.41) is 6.50. The molecule has 0 atom stereocenters. The van der Waals surface area contributed by atoms with E-state index in [4.69, 9.17) is 0 Å². The number of nitrogens with one attached hydrogen (secondary N) is 3. The van der Waals surface area contributed by atoms with Crippen molar-refractivity contribution in [3.63, 3.8) is 0 Å². The minimum Gasteiger partial charge on any atom is -0.382 e. The fraction of sp³-hybridized carbons (Fsp3) is 0.632. The predicted molar refractivity (Wildman–Crippen MR) is 101 cm³/mol. The molecule has 1 spiro atoms. The maximum Gasteiger partial charge on any atom is 0.253 e. The molecule has 1 amide bonds. The van der Waals surface area contributed by atoms with Crippen molar-refractivity contribution >= 4 is 21.6 Å². The number of hydrogen-bond acceptors (Lipinski definition) is 4. The van der Waals surface area contributed by atoms with Crippen LogP contribution in [0.25, 0.3) is 0 Å². The fourth-order valence-corrected chi connectivity index (χ4v) is 5.09. The Morgan fingerprint density at radius 1 is 1.12 bits per heavy atom. The van der Waals surface area contributed by atoms with Gasteiger partial charge in [0.1, 0.15) is 0 Å². The smallest absolute Gasteiger partial charge is 0.253 e. The van der Waals surface area contributed by atoms with Crippen molar-refractivity contribution < 1.29 is 13.2 Å². The van der Waals surface area contributed by atoms with E-state index in [9.17, 15) is 13.2 Å². The van der Waals surface area contributed by atoms with Crippen LogP contribution in [0.4, 0.5) is 5.69 Å². The van der Waals surface area contributed by atoms with Crippen LogP contribution in [0.3, 0.4) is 0 Å². The van der Waals surface area contributed by atoms with E-state index >= 15 is 0 Å². The van der Waals surface area contributed by atoms with Gasteiger partial charge in [0.2, 0.25) is 10.0 Å². The van der Waals surface area contributed by atoms with Gasteiger partial charge in [-0.05, 0) is 75.6 Å². The summed E-state index contributed by atoms with van der Waals surface area (Å²) in [5.41, 5.74) is 1.69. The Morgan fingerprint density at radius 2 is 1.85 bits per heavy atom. The third-order valence-corrected chi connectivity index (χ3v) is 7.80. The summed E-state index contributed by atoms with van der Waals surface area (Å²) in [6, 6.07) is 5.36. The highest BCUT2D eigenvalue weighted by Crippen LogP contribution is 2.56. The van der Waals surface area contributed by atoms with Crippen molar-refractivity contribution in [1.29, 1.82) is 0 Å². The Morgan fingerprint density at radius 3 is 2.38 bits per heavy atom. The lowest BCUT2D eigenvalue weighted by atomic mass is 9.54. The lowest BCUT2D eigenvalue weighted by Crippen LogP contribution is -2.49. The average molecular weight is 378 g/mol. The maximum absolute atomic E-state index is 12.8. The van der Waals surface area contributed by atoms with Crippen molar-refractivity contribution in [2.24, 2.45) is 5.41 Å². The number of sulfonamides is 1. The molecule has 7 heteroatoms. The average Bonchev–Trinajstić information content (AvgIpc) is 2.51. The molecule has 4 rings (SSSR count). The zero-order valence-electron chi connectivity index (χ0n) is 15.2. The molecule has 3 N–H and O–H groups in total. The van der Waals surface area contributed by atoms with Crippen LogP contribution >= 0.6 is 0 Å². The molecular formula is C19H27N3O3S. The van der Waals surface area contributed by atoms with Crippen LogP contribution in [-0.4, -0.2) is 33.5 Å². The van der Waals surface area contributed by atoms with Gasteiger partial charge in [-0.25, -0.2) is 13.1 Å². The number of amides is 1. The van der Waals surface area contributed by atoms with Gasteiger partial charge >= 0.3 is 0 Å². The van der Waals surface area contributed by atoms with Crippen LogP contribution in [0.2, 0.25) is 0 Å². The minimum atomic E-state index is -3.58. The van der Waals surface area contributed by atoms with Gasteiger partial charge < -0.3 is 10.6 Å². The molecule has 0 saturated heterocycles. The summed E-state index contributed by atoms with van der Waals surface area (Å²) in [6.45, 7) is 0. The molecule has 0 unspecified atom stereocenters. The van der Waals surface area contributed by atoms with Crippen LogP contribution in [0.1, 0.15) is 61.7 Å². The number of carbonyl (C=O) groups is 1. The molecule has 3 fully saturated rings. The van der Waals surface area contributed by atoms with E-state index in [1.165, 1.54) is 32.4 Å². The molecule has 142 valence electrons. The second-order valence-electron chi connectivity index (χ2n) is 8.12. The lowest BCUT2D eigenvalue weighted by molar-refractivity contribution is 0.0192. The van der Waals surface area contributed by atoms with Crippen LogP contribution in [0.15, 0.2) is 23.1 Å². The molecule has 26 heavy (non-hydrogen) atoms. The van der Waals surface area contributed by atoms with Gasteiger partial charge in [0.05, 0.1) is 10.5 Å². The van der Waals surface area contributed by atoms with E-state index in [-0.39, 0.29) is 16.8 Å². The molecule has 3 aliphatic carbocycles. The second kappa shape index (κ2) is 6.53. The molecule has 0 heterocycles. The molecule has 0 radical (unpaired) electrons. The first-order valence-electron chi connectivity index (χ1n) is 9.56. The highest BCUT2D eigenvalue weighted by Gasteiger charge is 2.48. The third-order valence-electron chi connectivity index (χ3n) is 6.39. The van der Waals surface area contributed by atoms with Crippen LogP contribution in [0, 0.1) is 5.41 Å². The number of anilines is 1. The van der Waals surface area contributed by atoms with Gasteiger partial charge in [0.25, 0.3) is 5.91 Å². The molecule has 3 saturated carbocycles. The van der Waals surface area contributed by atoms with Gasteiger partial charge in [0, 0.05) is 17.8 Å². The van der Waals surface area contributed by atoms with Crippen molar-refractivity contribution in [3.8, 4) is 0 Å². The molecular weight excluding hydrogens is 350 g/mol. The molecule has 0 bridgehead atoms. The predicted octanol–water partition coefficient (Wildman–Crippen LogP) is 2.62. The van der Waals surface area contributed by atoms with Crippen LogP contribution in [-0.2, 0) is 10.0 Å². The Kier molecular flexibility index (Phi) is 4.47. The first-order chi connectivity index (χ1) is 12.4. The Labute approximate surface area is 155 Å². The summed E-state index contributed by atoms with van der Waals surface area (Å²) >= 11 is 0. The van der Waals surface area contributed by atoms with Crippen LogP contribution in [0.5, 0.6) is 0 Å². The van der Waals surface area contributed by atoms with Gasteiger partial charge in [-0.2, -0.15) is 0 Å². The van der Waals surface area contributed by atoms with E-state index in [2.05, 4.69) is 15.4 Å². The summed E-state index contributed by atoms with van der Waals surface area (Å²) in [6.07, 6.45) is 9.38. The Hall–Kier alpha value is -1.60. The first-order valence-corrected chi connectivity index (χ1v) is 11.0. The maximum atomic E-state index is 12.8. The van der Waals surface area contributed by atoms with Crippen molar-refractivity contribution in [1.82, 2.24) is 10.0 Å². The van der Waals surface area contributed by atoms with Crippen molar-refractivity contribution in [2.75, 3.05) is 12.4 Å². The zero-order chi connectivity index (χ0) is 18.4. The topological polar surface area (TPSA) is 87.3 Å². The number of carbonyl (C=O) groups excluding carboxylic acids is 1. The Bertz CT molecular complexity index is 805. The minimum absolute atomic E-state index is 0.119. The van der Waals surface area contributed by atoms with Gasteiger partial charge in [-0.15, -0.1) is 0 Å².